The summed E-state index contributed by atoms with van der Waals surface area (Å²) >= 11 is 0. The molecule has 0 saturated heterocycles. The Morgan fingerprint density at radius 3 is 2.59 bits per heavy atom. The second-order valence-corrected chi connectivity index (χ2v) is 7.11. The van der Waals surface area contributed by atoms with Crippen LogP contribution in [0.2, 0.25) is 0 Å². The third kappa shape index (κ3) is 4.86. The lowest BCUT2D eigenvalue weighted by molar-refractivity contribution is 0.262. The fourth-order valence-electron chi connectivity index (χ4n) is 3.16. The van der Waals surface area contributed by atoms with Gasteiger partial charge in [0.2, 0.25) is 0 Å². The molecule has 0 aliphatic carbocycles. The Morgan fingerprint density at radius 2 is 1.81 bits per heavy atom. The number of urea groups is 1. The summed E-state index contributed by atoms with van der Waals surface area (Å²) in [6.07, 6.45) is 1.76. The van der Waals surface area contributed by atoms with Crippen LogP contribution in [0.15, 0.2) is 77.7 Å². The van der Waals surface area contributed by atoms with Crippen LogP contribution < -0.4 is 25.7 Å². The number of amides is 2. The summed E-state index contributed by atoms with van der Waals surface area (Å²) in [5.74, 6) is 1.16. The number of ether oxygens (including phenoxy) is 2. The number of aromatic nitrogens is 2. The van der Waals surface area contributed by atoms with Crippen molar-refractivity contribution in [1.82, 2.24) is 9.38 Å². The van der Waals surface area contributed by atoms with Crippen molar-refractivity contribution in [2.45, 2.75) is 13.5 Å². The third-order valence-electron chi connectivity index (χ3n) is 4.71. The van der Waals surface area contributed by atoms with Gasteiger partial charge in [-0.05, 0) is 55.0 Å². The van der Waals surface area contributed by atoms with Crippen molar-refractivity contribution in [3.63, 3.8) is 0 Å². The predicted octanol–water partition coefficient (Wildman–Crippen LogP) is 4.23. The number of nitrogens with zero attached hydrogens (tertiary/aromatic N) is 2. The Balaban J connectivity index is 1.37. The van der Waals surface area contributed by atoms with Crippen molar-refractivity contribution in [2.24, 2.45) is 0 Å². The average Bonchev–Trinajstić information content (AvgIpc) is 2.79. The summed E-state index contributed by atoms with van der Waals surface area (Å²) in [5, 5.41) is 5.51. The molecule has 4 rings (SSSR count). The summed E-state index contributed by atoms with van der Waals surface area (Å²) in [5.41, 5.74) is 3.11. The van der Waals surface area contributed by atoms with Crippen LogP contribution in [0.25, 0.3) is 5.65 Å². The number of aryl methyl sites for hydroxylation is 1. The highest BCUT2D eigenvalue weighted by Gasteiger charge is 2.08. The lowest BCUT2D eigenvalue weighted by atomic mass is 10.3. The molecule has 0 aliphatic heterocycles. The standard InChI is InChI=1S/C24H22N4O4/c1-16-7-12-22-25-18(13-23(29)28(22)14-16)15-32-19-10-8-17(9-11-19)26-24(30)27-20-5-3-4-6-21(20)31-2/h3-14H,15H2,1-2H3,(H2,26,27,30). The van der Waals surface area contributed by atoms with Gasteiger partial charge in [0.15, 0.2) is 0 Å². The van der Waals surface area contributed by atoms with Crippen molar-refractivity contribution in [2.75, 3.05) is 17.7 Å². The van der Waals surface area contributed by atoms with Gasteiger partial charge in [0.25, 0.3) is 5.56 Å². The first-order valence-electron chi connectivity index (χ1n) is 9.95. The van der Waals surface area contributed by atoms with Crippen LogP contribution >= 0.6 is 0 Å². The SMILES string of the molecule is COc1ccccc1NC(=O)Nc1ccc(OCc2cc(=O)n3cc(C)ccc3n2)cc1. The van der Waals surface area contributed by atoms with E-state index in [1.807, 2.05) is 25.1 Å². The summed E-state index contributed by atoms with van der Waals surface area (Å²) in [6.45, 7) is 2.07. The van der Waals surface area contributed by atoms with Gasteiger partial charge in [-0.2, -0.15) is 0 Å². The second kappa shape index (κ2) is 9.22. The first-order chi connectivity index (χ1) is 15.5. The number of para-hydroxylation sites is 2. The molecule has 0 unspecified atom stereocenters. The van der Waals surface area contributed by atoms with Crippen molar-refractivity contribution < 1.29 is 14.3 Å². The van der Waals surface area contributed by atoms with Gasteiger partial charge in [-0.25, -0.2) is 9.78 Å². The van der Waals surface area contributed by atoms with Gasteiger partial charge >= 0.3 is 6.03 Å². The summed E-state index contributed by atoms with van der Waals surface area (Å²) in [4.78, 5) is 29.0. The number of hydrogen-bond acceptors (Lipinski definition) is 5. The maximum atomic E-state index is 12.3. The maximum absolute atomic E-state index is 12.3. The van der Waals surface area contributed by atoms with E-state index in [2.05, 4.69) is 15.6 Å². The van der Waals surface area contributed by atoms with Crippen LogP contribution in [-0.2, 0) is 6.61 Å². The van der Waals surface area contributed by atoms with E-state index in [0.717, 1.165) is 5.56 Å². The number of rotatable bonds is 6. The minimum atomic E-state index is -0.390. The highest BCUT2D eigenvalue weighted by molar-refractivity contribution is 6.00. The number of pyridine rings is 1. The van der Waals surface area contributed by atoms with Crippen LogP contribution in [0.5, 0.6) is 11.5 Å². The molecule has 0 bridgehead atoms. The molecule has 0 aliphatic rings. The van der Waals surface area contributed by atoms with E-state index in [-0.39, 0.29) is 18.2 Å². The highest BCUT2D eigenvalue weighted by atomic mass is 16.5. The molecule has 0 saturated carbocycles. The number of carbonyl (C=O) groups is 1. The van der Waals surface area contributed by atoms with E-state index in [9.17, 15) is 9.59 Å². The lowest BCUT2D eigenvalue weighted by Crippen LogP contribution is -2.19. The fraction of sp³-hybridized carbons (Fsp3) is 0.125. The van der Waals surface area contributed by atoms with E-state index in [1.54, 1.807) is 55.8 Å². The molecule has 4 aromatic rings. The van der Waals surface area contributed by atoms with Crippen LogP contribution in [-0.4, -0.2) is 22.5 Å². The maximum Gasteiger partial charge on any atom is 0.323 e. The van der Waals surface area contributed by atoms with Crippen LogP contribution in [0.1, 0.15) is 11.3 Å². The Morgan fingerprint density at radius 1 is 1.03 bits per heavy atom. The number of nitrogens with one attached hydrogen (secondary N) is 2. The fourth-order valence-corrected chi connectivity index (χ4v) is 3.16. The molecule has 0 fully saturated rings. The summed E-state index contributed by atoms with van der Waals surface area (Å²) < 4.78 is 12.5. The molecule has 2 aromatic heterocycles. The zero-order valence-corrected chi connectivity index (χ0v) is 17.7. The molecule has 32 heavy (non-hydrogen) atoms. The summed E-state index contributed by atoms with van der Waals surface area (Å²) in [6, 6.07) is 18.8. The Kier molecular flexibility index (Phi) is 6.03. The Hall–Kier alpha value is -4.33. The molecule has 2 amide bonds. The molecule has 0 atom stereocenters. The number of hydrogen-bond donors (Lipinski definition) is 2. The first kappa shape index (κ1) is 20.9. The van der Waals surface area contributed by atoms with E-state index in [4.69, 9.17) is 9.47 Å². The van der Waals surface area contributed by atoms with E-state index < -0.39 is 0 Å². The second-order valence-electron chi connectivity index (χ2n) is 7.11. The van der Waals surface area contributed by atoms with Gasteiger partial charge in [-0.3, -0.25) is 9.20 Å². The smallest absolute Gasteiger partial charge is 0.323 e. The molecular formula is C24H22N4O4. The number of fused-ring (bicyclic) bond motifs is 1. The number of methoxy groups -OCH3 is 1. The van der Waals surface area contributed by atoms with Crippen molar-refractivity contribution in [3.05, 3.63) is 94.5 Å². The quantitative estimate of drug-likeness (QED) is 0.477. The van der Waals surface area contributed by atoms with E-state index in [0.29, 0.717) is 34.2 Å². The van der Waals surface area contributed by atoms with Gasteiger partial charge < -0.3 is 20.1 Å². The molecule has 8 nitrogen and oxygen atoms in total. The number of anilines is 2. The van der Waals surface area contributed by atoms with E-state index >= 15 is 0 Å². The molecule has 162 valence electrons. The van der Waals surface area contributed by atoms with E-state index in [1.165, 1.54) is 10.5 Å². The Bertz CT molecular complexity index is 1320. The number of benzene rings is 2. The first-order valence-corrected chi connectivity index (χ1v) is 9.95. The van der Waals surface area contributed by atoms with Crippen molar-refractivity contribution in [3.8, 4) is 11.5 Å². The monoisotopic (exact) mass is 430 g/mol. The molecule has 2 N–H and O–H groups in total. The van der Waals surface area contributed by atoms with Gasteiger partial charge in [0.1, 0.15) is 23.8 Å². The van der Waals surface area contributed by atoms with Crippen molar-refractivity contribution in [1.29, 1.82) is 0 Å². The topological polar surface area (TPSA) is 94.0 Å². The molecule has 0 spiro atoms. The Labute approximate surface area is 184 Å². The molecule has 0 radical (unpaired) electrons. The van der Waals surface area contributed by atoms with Gasteiger partial charge in [0.05, 0.1) is 18.5 Å². The molecule has 2 aromatic carbocycles. The average molecular weight is 430 g/mol. The number of carbonyl (C=O) groups excluding carboxylic acids is 1. The normalized spacial score (nSPS) is 10.6. The molecule has 8 heteroatoms. The zero-order valence-electron chi connectivity index (χ0n) is 17.7. The largest absolute Gasteiger partial charge is 0.495 e. The lowest BCUT2D eigenvalue weighted by Gasteiger charge is -2.11. The van der Waals surface area contributed by atoms with Crippen LogP contribution in [0.3, 0.4) is 0 Å². The zero-order chi connectivity index (χ0) is 22.5. The minimum absolute atomic E-state index is 0.153. The molecular weight excluding hydrogens is 408 g/mol. The minimum Gasteiger partial charge on any atom is -0.495 e. The van der Waals surface area contributed by atoms with Crippen LogP contribution in [0, 0.1) is 6.92 Å². The van der Waals surface area contributed by atoms with Gasteiger partial charge in [0, 0.05) is 18.0 Å². The predicted molar refractivity (Wildman–Crippen MR) is 123 cm³/mol. The van der Waals surface area contributed by atoms with Crippen LogP contribution in [0.4, 0.5) is 16.2 Å². The van der Waals surface area contributed by atoms with Gasteiger partial charge in [-0.1, -0.05) is 18.2 Å². The highest BCUT2D eigenvalue weighted by Crippen LogP contribution is 2.23. The van der Waals surface area contributed by atoms with Gasteiger partial charge in [-0.15, -0.1) is 0 Å². The van der Waals surface area contributed by atoms with Crippen molar-refractivity contribution >= 4 is 23.1 Å². The third-order valence-corrected chi connectivity index (χ3v) is 4.71. The molecule has 2 heterocycles. The summed E-state index contributed by atoms with van der Waals surface area (Å²) in [7, 11) is 1.54.